The molecule has 1 radical (unpaired) electrons. The van der Waals surface area contributed by atoms with E-state index in [1.165, 1.54) is 0 Å². The van der Waals surface area contributed by atoms with Gasteiger partial charge < -0.3 is 0 Å². The first-order chi connectivity index (χ1) is 5.74. The first-order valence-corrected chi connectivity index (χ1v) is 13.2. The summed E-state index contributed by atoms with van der Waals surface area (Å²) in [5.41, 5.74) is 1.52. The molecule has 0 atom stereocenters. The number of carboxylic acids is 1. The number of hydrogen-bond acceptors (Lipinski definition) is 1. The van der Waals surface area contributed by atoms with Gasteiger partial charge in [-0.3, -0.25) is 0 Å². The van der Waals surface area contributed by atoms with Gasteiger partial charge in [0.15, 0.2) is 0 Å². The van der Waals surface area contributed by atoms with E-state index in [0.717, 1.165) is 9.74 Å². The second kappa shape index (κ2) is 4.92. The summed E-state index contributed by atoms with van der Waals surface area (Å²) in [6.45, 7) is 0. The Morgan fingerprint density at radius 3 is 2.92 bits per heavy atom. The normalized spacial score (nSPS) is 9.42. The Hall–Kier alpha value is 0.0401. The molecule has 0 saturated carbocycles. The number of rotatable bonds is 3. The maximum atomic E-state index is 10.6. The van der Waals surface area contributed by atoms with Crippen LogP contribution in [-0.4, -0.2) is 31.7 Å². The second-order valence-corrected chi connectivity index (χ2v) is 8.75. The van der Waals surface area contributed by atoms with Crippen molar-refractivity contribution in [2.75, 3.05) is 0 Å². The van der Waals surface area contributed by atoms with Crippen molar-refractivity contribution < 1.29 is 9.90 Å². The Kier molecular flexibility index (Phi) is 4.15. The number of carbonyl (C=O) groups is 1. The molecule has 12 heavy (non-hydrogen) atoms. The van der Waals surface area contributed by atoms with Gasteiger partial charge in [-0.15, -0.1) is 0 Å². The van der Waals surface area contributed by atoms with Crippen LogP contribution in [0.25, 0.3) is 0 Å². The van der Waals surface area contributed by atoms with Gasteiger partial charge in [0, 0.05) is 0 Å². The summed E-state index contributed by atoms with van der Waals surface area (Å²) >= 11 is 2.89. The van der Waals surface area contributed by atoms with Crippen molar-refractivity contribution in [3.05, 3.63) is 35.4 Å². The fourth-order valence-corrected chi connectivity index (χ4v) is 4.66. The molecular weight excluding hydrogens is 323 g/mol. The summed E-state index contributed by atoms with van der Waals surface area (Å²) in [6.07, 6.45) is 0. The minimum absolute atomic E-state index is 0.385. The summed E-state index contributed by atoms with van der Waals surface area (Å²) < 4.78 is 1.05. The molecule has 0 aliphatic carbocycles. The number of halogens is 1. The zero-order valence-electron chi connectivity index (χ0n) is 6.33. The fourth-order valence-electron chi connectivity index (χ4n) is 0.920. The molecule has 1 aromatic carbocycles. The van der Waals surface area contributed by atoms with Crippen molar-refractivity contribution in [3.63, 3.8) is 0 Å². The van der Waals surface area contributed by atoms with Gasteiger partial charge in [-0.25, -0.2) is 0 Å². The average molecular weight is 330 g/mol. The van der Waals surface area contributed by atoms with Gasteiger partial charge in [0.2, 0.25) is 0 Å². The van der Waals surface area contributed by atoms with E-state index in [4.69, 9.17) is 5.11 Å². The van der Waals surface area contributed by atoms with Crippen molar-refractivity contribution in [1.29, 1.82) is 0 Å². The van der Waals surface area contributed by atoms with Crippen LogP contribution in [0.15, 0.2) is 24.3 Å². The van der Waals surface area contributed by atoms with Crippen molar-refractivity contribution in [3.8, 4) is 0 Å². The van der Waals surface area contributed by atoms with E-state index in [0.29, 0.717) is 5.56 Å². The number of carboxylic acid groups (broad SMARTS) is 1. The molecular formula is C8H7BrInO2. The molecule has 0 aromatic heterocycles. The van der Waals surface area contributed by atoms with E-state index in [1.54, 1.807) is 18.2 Å². The quantitative estimate of drug-likeness (QED) is 0.919. The summed E-state index contributed by atoms with van der Waals surface area (Å²) in [7, 11) is 0. The van der Waals surface area contributed by atoms with Crippen molar-refractivity contribution in [2.45, 2.75) is 4.18 Å². The fraction of sp³-hybridized carbons (Fsp3) is 0.125. The van der Waals surface area contributed by atoms with Gasteiger partial charge in [-0.05, 0) is 0 Å². The van der Waals surface area contributed by atoms with Crippen LogP contribution in [0.3, 0.4) is 0 Å². The average Bonchev–Trinajstić information content (AvgIpc) is 2.05. The molecule has 0 fully saturated rings. The van der Waals surface area contributed by atoms with Gasteiger partial charge in [-0.2, -0.15) is 0 Å². The zero-order valence-corrected chi connectivity index (χ0v) is 11.2. The Bertz CT molecular complexity index is 288. The Balaban J connectivity index is 2.88. The molecule has 1 rings (SSSR count). The van der Waals surface area contributed by atoms with E-state index in [9.17, 15) is 4.79 Å². The first kappa shape index (κ1) is 10.1. The van der Waals surface area contributed by atoms with Crippen LogP contribution in [0, 0.1) is 0 Å². The standard InChI is InChI=1S/C8H7O2.BrH.In/c1-6-3-2-4-7(5-6)8(9)10;;/h2-5H,1H2,(H,9,10);1H;/q;;+1/p-1. The summed E-state index contributed by atoms with van der Waals surface area (Å²) in [6, 6.07) is 7.13. The molecule has 0 bridgehead atoms. The van der Waals surface area contributed by atoms with Crippen LogP contribution in [0.5, 0.6) is 0 Å². The van der Waals surface area contributed by atoms with Crippen molar-refractivity contribution in [1.82, 2.24) is 0 Å². The van der Waals surface area contributed by atoms with Crippen LogP contribution in [0.4, 0.5) is 0 Å². The minimum atomic E-state index is -0.848. The van der Waals surface area contributed by atoms with Gasteiger partial charge in [0.25, 0.3) is 0 Å². The van der Waals surface area contributed by atoms with E-state index in [1.807, 2.05) is 6.07 Å². The third kappa shape index (κ3) is 2.83. The van der Waals surface area contributed by atoms with E-state index >= 15 is 0 Å². The van der Waals surface area contributed by atoms with E-state index in [2.05, 4.69) is 12.3 Å². The molecule has 1 aromatic rings. The van der Waals surface area contributed by atoms with Crippen LogP contribution in [0.2, 0.25) is 0 Å². The monoisotopic (exact) mass is 329 g/mol. The van der Waals surface area contributed by atoms with Gasteiger partial charge >= 0.3 is 88.3 Å². The number of benzene rings is 1. The molecule has 0 amide bonds. The Morgan fingerprint density at radius 1 is 1.58 bits per heavy atom. The summed E-state index contributed by atoms with van der Waals surface area (Å²) in [5.74, 6) is -0.848. The SMILES string of the molecule is O=C(O)c1cccc([CH2][In][Br])c1. The zero-order chi connectivity index (χ0) is 8.97. The van der Waals surface area contributed by atoms with Gasteiger partial charge in [0.1, 0.15) is 0 Å². The topological polar surface area (TPSA) is 37.3 Å². The van der Waals surface area contributed by atoms with Crippen molar-refractivity contribution in [2.24, 2.45) is 0 Å². The van der Waals surface area contributed by atoms with Gasteiger partial charge in [0.05, 0.1) is 0 Å². The van der Waals surface area contributed by atoms with Crippen LogP contribution in [0.1, 0.15) is 15.9 Å². The predicted octanol–water partition coefficient (Wildman–Crippen LogP) is 1.90. The molecule has 0 unspecified atom stereocenters. The molecule has 0 aliphatic rings. The first-order valence-electron chi connectivity index (χ1n) is 3.48. The van der Waals surface area contributed by atoms with Gasteiger partial charge in [-0.1, -0.05) is 0 Å². The molecule has 2 nitrogen and oxygen atoms in total. The molecule has 4 heteroatoms. The number of aromatic carboxylic acids is 1. The van der Waals surface area contributed by atoms with Crippen LogP contribution >= 0.6 is 12.3 Å². The van der Waals surface area contributed by atoms with Crippen LogP contribution < -0.4 is 0 Å². The molecule has 61 valence electrons. The van der Waals surface area contributed by atoms with Crippen LogP contribution in [-0.2, 0) is 4.18 Å². The molecule has 0 saturated heterocycles. The molecule has 0 heterocycles. The molecule has 1 N–H and O–H groups in total. The third-order valence-electron chi connectivity index (χ3n) is 1.49. The number of hydrogen-bond donors (Lipinski definition) is 1. The molecule has 0 aliphatic heterocycles. The summed E-state index contributed by atoms with van der Waals surface area (Å²) in [4.78, 5) is 10.6. The third-order valence-corrected chi connectivity index (χ3v) is 5.44. The van der Waals surface area contributed by atoms with E-state index < -0.39 is 26.5 Å². The van der Waals surface area contributed by atoms with Crippen molar-refractivity contribution >= 4 is 38.8 Å². The Morgan fingerprint density at radius 2 is 2.33 bits per heavy atom. The Labute approximate surface area is 87.8 Å². The summed E-state index contributed by atoms with van der Waals surface area (Å²) in [5, 5.41) is 8.68. The molecule has 0 spiro atoms. The predicted molar refractivity (Wildman–Crippen MR) is 51.8 cm³/mol. The second-order valence-electron chi connectivity index (χ2n) is 2.36. The maximum absolute atomic E-state index is 10.6. The van der Waals surface area contributed by atoms with E-state index in [-0.39, 0.29) is 0 Å².